The maximum Gasteiger partial charge on any atom is 0.308 e. The molecule has 3 spiro atoms. The minimum atomic E-state index is -0.984. The van der Waals surface area contributed by atoms with E-state index in [9.17, 15) is 20.1 Å². The highest BCUT2D eigenvalue weighted by atomic mass is 16.8. The molecule has 12 bridgehead atoms. The van der Waals surface area contributed by atoms with Crippen LogP contribution in [0.25, 0.3) is 0 Å². The Morgan fingerprint density at radius 2 is 1.25 bits per heavy atom. The Bertz CT molecular complexity index is 2340. The van der Waals surface area contributed by atoms with Crippen LogP contribution in [0.4, 0.5) is 0 Å². The topological polar surface area (TPSA) is 198 Å². The molecule has 16 fully saturated rings. The molecule has 14 saturated heterocycles. The number of esters is 1. The zero-order chi connectivity index (χ0) is 54.0. The van der Waals surface area contributed by atoms with Crippen LogP contribution in [0.2, 0.25) is 0 Å². The van der Waals surface area contributed by atoms with Gasteiger partial charge in [0.05, 0.1) is 116 Å². The van der Waals surface area contributed by atoms with Crippen molar-refractivity contribution in [3.05, 3.63) is 24.3 Å². The van der Waals surface area contributed by atoms with E-state index in [1.165, 1.54) is 0 Å². The van der Waals surface area contributed by atoms with Crippen molar-refractivity contribution >= 4 is 5.97 Å². The highest BCUT2D eigenvalue weighted by Crippen LogP contribution is 2.60. The molecule has 17 nitrogen and oxygen atoms in total. The van der Waals surface area contributed by atoms with Crippen molar-refractivity contribution < 1.29 is 81.7 Å². The number of ether oxygens (including phenoxy) is 13. The fraction of sp³-hybridized carbons (Fsp3) is 0.919. The van der Waals surface area contributed by atoms with Crippen molar-refractivity contribution in [3.63, 3.8) is 0 Å². The van der Waals surface area contributed by atoms with Crippen LogP contribution >= 0.6 is 0 Å². The molecular formula is C62H90O17. The van der Waals surface area contributed by atoms with E-state index in [1.54, 1.807) is 0 Å². The molecular weight excluding hydrogens is 1020 g/mol. The lowest BCUT2D eigenvalue weighted by Crippen LogP contribution is -2.61. The number of aliphatic hydroxyl groups is 3. The standard InChI is InChI=1S/C62H90O17/c1-28-13-38-7-9-42-29(2)14-40(67-42)11-12-61-26-49-56(78-61)57-58(73-49)59(79-61)55-43(70-57)10-8-39(69-55)19-50(66)74-54-33(6)53-35(15-34(54)16-44(68-38)32(28)5)17-46-48(72-53)25-62(76-46)24-36-23-60(21-30(3)51(36)77-62)22-31(4)52-47(75-60)20-45(71-52)41(65)18-37(64)27-63/h28,30-31,33-49,51-59,63-65H,2,5,7-27H2,1,3-4,6H3/t28-,30+,31+,33+,34+,35+,36+,37+,38+,39-,40+,41-,42?,43+,44?,45+,46-,47+,48-,49?,51+,52+,53+,54-,55+,56+,57+,58-,59+,60-,61+,62-/m1/s1. The molecule has 0 aromatic rings. The van der Waals surface area contributed by atoms with Gasteiger partial charge in [-0.2, -0.15) is 0 Å². The van der Waals surface area contributed by atoms with E-state index in [-0.39, 0.29) is 170 Å². The summed E-state index contributed by atoms with van der Waals surface area (Å²) in [6.07, 6.45) is 8.78. The van der Waals surface area contributed by atoms with E-state index < -0.39 is 48.7 Å². The van der Waals surface area contributed by atoms with Gasteiger partial charge >= 0.3 is 5.97 Å². The summed E-state index contributed by atoms with van der Waals surface area (Å²) >= 11 is 0. The lowest BCUT2D eigenvalue weighted by molar-refractivity contribution is -0.293. The number of hydrogen-bond acceptors (Lipinski definition) is 17. The second-order valence-electron chi connectivity index (χ2n) is 28.7. The summed E-state index contributed by atoms with van der Waals surface area (Å²) in [5.74, 6) is -0.673. The molecule has 3 unspecified atom stereocenters. The van der Waals surface area contributed by atoms with Crippen LogP contribution in [0.5, 0.6) is 0 Å². The number of fused-ring (bicyclic) bond motifs is 10. The Morgan fingerprint density at radius 3 is 2.10 bits per heavy atom. The van der Waals surface area contributed by atoms with Crippen molar-refractivity contribution in [1.82, 2.24) is 0 Å². The van der Waals surface area contributed by atoms with Crippen molar-refractivity contribution in [3.8, 4) is 0 Å². The smallest absolute Gasteiger partial charge is 0.308 e. The molecule has 14 aliphatic heterocycles. The van der Waals surface area contributed by atoms with Gasteiger partial charge in [-0.3, -0.25) is 4.79 Å². The van der Waals surface area contributed by atoms with Crippen LogP contribution < -0.4 is 0 Å². The summed E-state index contributed by atoms with van der Waals surface area (Å²) < 4.78 is 90.4. The van der Waals surface area contributed by atoms with E-state index in [1.807, 2.05) is 0 Å². The van der Waals surface area contributed by atoms with Gasteiger partial charge in [0.25, 0.3) is 0 Å². The van der Waals surface area contributed by atoms with E-state index in [0.717, 1.165) is 88.2 Å². The van der Waals surface area contributed by atoms with E-state index in [0.29, 0.717) is 38.5 Å². The largest absolute Gasteiger partial charge is 0.462 e. The van der Waals surface area contributed by atoms with E-state index in [2.05, 4.69) is 40.9 Å². The summed E-state index contributed by atoms with van der Waals surface area (Å²) in [6, 6.07) is 0. The lowest BCUT2D eigenvalue weighted by Gasteiger charge is -2.51. The average Bonchev–Trinajstić information content (AvgIpc) is 4.24. The number of hydrogen-bond donors (Lipinski definition) is 3. The molecule has 2 aliphatic carbocycles. The highest BCUT2D eigenvalue weighted by molar-refractivity contribution is 5.70. The monoisotopic (exact) mass is 1110 g/mol. The Morgan fingerprint density at radius 1 is 0.532 bits per heavy atom. The van der Waals surface area contributed by atoms with Crippen molar-refractivity contribution in [2.24, 2.45) is 41.4 Å². The molecule has 3 N–H and O–H groups in total. The Hall–Kier alpha value is -1.65. The Balaban J connectivity index is 0.655. The minimum absolute atomic E-state index is 0.00546. The molecule has 16 aliphatic rings. The minimum Gasteiger partial charge on any atom is -0.462 e. The van der Waals surface area contributed by atoms with Crippen LogP contribution in [0.1, 0.15) is 156 Å². The number of carbonyl (C=O) groups is 1. The zero-order valence-corrected chi connectivity index (χ0v) is 47.1. The Labute approximate surface area is 466 Å². The van der Waals surface area contributed by atoms with Gasteiger partial charge in [0.1, 0.15) is 36.6 Å². The second kappa shape index (κ2) is 20.2. The van der Waals surface area contributed by atoms with Crippen molar-refractivity contribution in [2.45, 2.75) is 308 Å². The number of rotatable bonds is 4. The van der Waals surface area contributed by atoms with Crippen molar-refractivity contribution in [1.29, 1.82) is 0 Å². The molecule has 17 heteroatoms. The normalized spacial score (nSPS) is 57.2. The Kier molecular flexibility index (Phi) is 13.8. The van der Waals surface area contributed by atoms with Gasteiger partial charge in [-0.25, -0.2) is 0 Å². The molecule has 0 amide bonds. The molecule has 0 aromatic carbocycles. The van der Waals surface area contributed by atoms with Crippen LogP contribution in [0.3, 0.4) is 0 Å². The summed E-state index contributed by atoms with van der Waals surface area (Å²) in [4.78, 5) is 14.6. The first-order chi connectivity index (χ1) is 38.0. The summed E-state index contributed by atoms with van der Waals surface area (Å²) in [5.41, 5.74) is 1.94. The summed E-state index contributed by atoms with van der Waals surface area (Å²) in [7, 11) is 0. The van der Waals surface area contributed by atoms with Crippen LogP contribution in [0, 0.1) is 41.4 Å². The maximum atomic E-state index is 14.6. The van der Waals surface area contributed by atoms with Crippen LogP contribution in [-0.4, -0.2) is 179 Å². The van der Waals surface area contributed by atoms with Gasteiger partial charge in [0, 0.05) is 44.4 Å². The first kappa shape index (κ1) is 54.0. The molecule has 79 heavy (non-hydrogen) atoms. The first-order valence-corrected chi connectivity index (χ1v) is 31.5. The fourth-order valence-electron chi connectivity index (χ4n) is 19.7. The van der Waals surface area contributed by atoms with Gasteiger partial charge in [-0.15, -0.1) is 0 Å². The van der Waals surface area contributed by atoms with Gasteiger partial charge in [-0.05, 0) is 130 Å². The molecule has 16 rings (SSSR count). The third-order valence-electron chi connectivity index (χ3n) is 23.1. The van der Waals surface area contributed by atoms with Gasteiger partial charge in [0.2, 0.25) is 0 Å². The van der Waals surface area contributed by atoms with Gasteiger partial charge in [-0.1, -0.05) is 40.9 Å². The molecule has 0 radical (unpaired) electrons. The van der Waals surface area contributed by atoms with Crippen LogP contribution in [-0.2, 0) is 66.4 Å². The van der Waals surface area contributed by atoms with Gasteiger partial charge in [0.15, 0.2) is 11.6 Å². The first-order valence-electron chi connectivity index (χ1n) is 31.5. The van der Waals surface area contributed by atoms with Crippen LogP contribution in [0.15, 0.2) is 24.3 Å². The van der Waals surface area contributed by atoms with E-state index >= 15 is 0 Å². The molecule has 14 heterocycles. The maximum absolute atomic E-state index is 14.6. The molecule has 440 valence electrons. The fourth-order valence-corrected chi connectivity index (χ4v) is 19.7. The van der Waals surface area contributed by atoms with E-state index in [4.69, 9.17) is 61.6 Å². The SMILES string of the molecule is C=C1C[C@@H]2CC[C@@]34CC5O[C@H]6[C@@H](O3)[C@H]3O[C@H](CC[C@@H]3O[C@H]6[C@H]5O4)CC(=O)O[C@H]3[C@H](CC4O[C@@H](CCC1O2)C[C@@H](C)C4=C)C[C@H]1C[C@H]2O[C@@]4(C[C@@H]5C[C@@]6(C[C@H](C)[C@@H]5O4)C[C@H](C)[C@@H]4O[C@H]([C@H](O)C[C@H](O)CO)C[C@@H]4O6)C[C@H]2O[C@H]1[C@@H]3C. The van der Waals surface area contributed by atoms with Gasteiger partial charge < -0.3 is 76.9 Å². The quantitative estimate of drug-likeness (QED) is 0.205. The summed E-state index contributed by atoms with van der Waals surface area (Å²) in [5, 5.41) is 30.4. The predicted molar refractivity (Wildman–Crippen MR) is 280 cm³/mol. The predicted octanol–water partition coefficient (Wildman–Crippen LogP) is 6.46. The number of carbonyl (C=O) groups excluding carboxylic acids is 1. The summed E-state index contributed by atoms with van der Waals surface area (Å²) in [6.45, 7) is 17.9. The van der Waals surface area contributed by atoms with Crippen molar-refractivity contribution in [2.75, 3.05) is 6.61 Å². The third kappa shape index (κ3) is 9.45. The average molecular weight is 1110 g/mol. The second-order valence-corrected chi connectivity index (χ2v) is 28.7. The highest BCUT2D eigenvalue weighted by Gasteiger charge is 2.70. The molecule has 2 saturated carbocycles. The lowest BCUT2D eigenvalue weighted by atomic mass is 9.66. The number of aliphatic hydroxyl groups excluding tert-OH is 3. The molecule has 32 atom stereocenters. The third-order valence-corrected chi connectivity index (χ3v) is 23.1. The zero-order valence-electron chi connectivity index (χ0n) is 47.1. The molecule has 0 aromatic heterocycles.